The number of anilines is 2. The number of carbonyl (C=O) groups excluding carboxylic acids is 2. The van der Waals surface area contributed by atoms with Gasteiger partial charge in [0.1, 0.15) is 17.7 Å². The molecule has 0 aliphatic rings. The SMILES string of the molecule is COC(=O)C(CNc1ncccc1-c1ccc(F)cc1)NC(=O)c1ccc2[nH]c(-c3ccnc(N)n3)cc2c1. The Morgan fingerprint density at radius 3 is 2.64 bits per heavy atom. The van der Waals surface area contributed by atoms with E-state index in [1.807, 2.05) is 12.1 Å². The third kappa shape index (κ3) is 5.67. The lowest BCUT2D eigenvalue weighted by Gasteiger charge is -2.19. The fourth-order valence-corrected chi connectivity index (χ4v) is 4.12. The molecule has 10 nitrogen and oxygen atoms in total. The Balaban J connectivity index is 1.33. The molecular weight excluding hydrogens is 501 g/mol. The van der Waals surface area contributed by atoms with Crippen LogP contribution in [0.3, 0.4) is 0 Å². The van der Waals surface area contributed by atoms with E-state index in [4.69, 9.17) is 10.5 Å². The maximum atomic E-state index is 13.4. The summed E-state index contributed by atoms with van der Waals surface area (Å²) in [6.45, 7) is 0.00923. The van der Waals surface area contributed by atoms with Gasteiger partial charge < -0.3 is 26.1 Å². The van der Waals surface area contributed by atoms with Crippen molar-refractivity contribution < 1.29 is 18.7 Å². The number of nitrogens with two attached hydrogens (primary N) is 1. The number of halogens is 1. The van der Waals surface area contributed by atoms with Crippen LogP contribution in [0, 0.1) is 5.82 Å². The Morgan fingerprint density at radius 2 is 1.87 bits per heavy atom. The van der Waals surface area contributed by atoms with Crippen LogP contribution in [0.4, 0.5) is 16.2 Å². The molecule has 0 fully saturated rings. The summed E-state index contributed by atoms with van der Waals surface area (Å²) in [5.41, 5.74) is 9.65. The van der Waals surface area contributed by atoms with Gasteiger partial charge >= 0.3 is 5.97 Å². The molecule has 0 saturated carbocycles. The number of methoxy groups -OCH3 is 1. The molecule has 39 heavy (non-hydrogen) atoms. The first-order chi connectivity index (χ1) is 18.9. The molecular formula is C28H24FN7O3. The Hall–Kier alpha value is -5.32. The monoisotopic (exact) mass is 525 g/mol. The number of aromatic amines is 1. The molecule has 1 amide bonds. The van der Waals surface area contributed by atoms with Gasteiger partial charge in [-0.3, -0.25) is 4.79 Å². The third-order valence-corrected chi connectivity index (χ3v) is 6.06. The number of nitrogen functional groups attached to an aromatic ring is 1. The van der Waals surface area contributed by atoms with Gasteiger partial charge in [0.25, 0.3) is 5.91 Å². The molecule has 1 atom stereocenters. The van der Waals surface area contributed by atoms with Crippen molar-refractivity contribution in [2.24, 2.45) is 0 Å². The number of fused-ring (bicyclic) bond motifs is 1. The number of pyridine rings is 1. The van der Waals surface area contributed by atoms with Crippen molar-refractivity contribution >= 4 is 34.5 Å². The van der Waals surface area contributed by atoms with Gasteiger partial charge in [0.05, 0.1) is 18.5 Å². The van der Waals surface area contributed by atoms with Crippen LogP contribution >= 0.6 is 0 Å². The molecule has 0 spiro atoms. The lowest BCUT2D eigenvalue weighted by atomic mass is 10.1. The molecule has 0 aliphatic heterocycles. The maximum absolute atomic E-state index is 13.4. The van der Waals surface area contributed by atoms with Crippen LogP contribution in [0.15, 0.2) is 79.1 Å². The van der Waals surface area contributed by atoms with Crippen LogP contribution in [-0.4, -0.2) is 51.5 Å². The highest BCUT2D eigenvalue weighted by Crippen LogP contribution is 2.26. The average molecular weight is 526 g/mol. The van der Waals surface area contributed by atoms with Crippen molar-refractivity contribution in [2.75, 3.05) is 24.7 Å². The van der Waals surface area contributed by atoms with Gasteiger partial charge in [-0.15, -0.1) is 0 Å². The molecule has 0 saturated heterocycles. The molecule has 5 N–H and O–H groups in total. The van der Waals surface area contributed by atoms with Crippen molar-refractivity contribution in [1.29, 1.82) is 0 Å². The molecule has 3 aromatic heterocycles. The number of aromatic nitrogens is 4. The lowest BCUT2D eigenvalue weighted by molar-refractivity contribution is -0.142. The number of carbonyl (C=O) groups is 2. The first-order valence-corrected chi connectivity index (χ1v) is 12.0. The molecule has 0 radical (unpaired) electrons. The minimum Gasteiger partial charge on any atom is -0.467 e. The van der Waals surface area contributed by atoms with Gasteiger partial charge in [-0.1, -0.05) is 12.1 Å². The number of ether oxygens (including phenoxy) is 1. The summed E-state index contributed by atoms with van der Waals surface area (Å²) in [6.07, 6.45) is 3.16. The van der Waals surface area contributed by atoms with E-state index in [9.17, 15) is 14.0 Å². The topological polar surface area (TPSA) is 148 Å². The van der Waals surface area contributed by atoms with Gasteiger partial charge in [0.2, 0.25) is 5.95 Å². The lowest BCUT2D eigenvalue weighted by Crippen LogP contribution is -2.46. The second-order valence-corrected chi connectivity index (χ2v) is 8.62. The highest BCUT2D eigenvalue weighted by Gasteiger charge is 2.23. The Morgan fingerprint density at radius 1 is 1.05 bits per heavy atom. The summed E-state index contributed by atoms with van der Waals surface area (Å²) in [5.74, 6) is -0.800. The van der Waals surface area contributed by atoms with Crippen molar-refractivity contribution in [3.05, 3.63) is 90.5 Å². The summed E-state index contributed by atoms with van der Waals surface area (Å²) >= 11 is 0. The zero-order valence-corrected chi connectivity index (χ0v) is 20.8. The molecule has 5 rings (SSSR count). The maximum Gasteiger partial charge on any atom is 0.330 e. The molecule has 5 aromatic rings. The second kappa shape index (κ2) is 11.0. The Kier molecular flexibility index (Phi) is 7.13. The van der Waals surface area contributed by atoms with Crippen molar-refractivity contribution in [3.63, 3.8) is 0 Å². The van der Waals surface area contributed by atoms with Crippen LogP contribution in [-0.2, 0) is 9.53 Å². The van der Waals surface area contributed by atoms with Gasteiger partial charge in [0, 0.05) is 41.0 Å². The van der Waals surface area contributed by atoms with Gasteiger partial charge in [-0.05, 0) is 60.2 Å². The average Bonchev–Trinajstić information content (AvgIpc) is 3.39. The van der Waals surface area contributed by atoms with E-state index in [0.717, 1.165) is 22.2 Å². The molecule has 0 aliphatic carbocycles. The number of H-pyrrole nitrogens is 1. The number of rotatable bonds is 8. The molecule has 3 heterocycles. The smallest absolute Gasteiger partial charge is 0.330 e. The van der Waals surface area contributed by atoms with Crippen LogP contribution in [0.1, 0.15) is 10.4 Å². The number of amides is 1. The Bertz CT molecular complexity index is 1650. The molecule has 0 bridgehead atoms. The van der Waals surface area contributed by atoms with E-state index in [1.165, 1.54) is 19.2 Å². The number of hydrogen-bond acceptors (Lipinski definition) is 8. The van der Waals surface area contributed by atoms with Crippen LogP contribution in [0.25, 0.3) is 33.4 Å². The van der Waals surface area contributed by atoms with Crippen molar-refractivity contribution in [3.8, 4) is 22.5 Å². The minimum atomic E-state index is -1.01. The summed E-state index contributed by atoms with van der Waals surface area (Å²) in [6, 6.07) is 17.3. The quantitative estimate of drug-likeness (QED) is 0.224. The van der Waals surface area contributed by atoms with Crippen molar-refractivity contribution in [1.82, 2.24) is 25.3 Å². The van der Waals surface area contributed by atoms with Crippen LogP contribution in [0.2, 0.25) is 0 Å². The van der Waals surface area contributed by atoms with E-state index in [1.54, 1.807) is 54.9 Å². The van der Waals surface area contributed by atoms with E-state index < -0.39 is 17.9 Å². The molecule has 2 aromatic carbocycles. The van der Waals surface area contributed by atoms with Crippen LogP contribution < -0.4 is 16.4 Å². The minimum absolute atomic E-state index is 0.00923. The molecule has 1 unspecified atom stereocenters. The van der Waals surface area contributed by atoms with Crippen LogP contribution in [0.5, 0.6) is 0 Å². The summed E-state index contributed by atoms with van der Waals surface area (Å²) in [7, 11) is 1.25. The zero-order valence-electron chi connectivity index (χ0n) is 20.8. The van der Waals surface area contributed by atoms with E-state index in [2.05, 4.69) is 30.6 Å². The summed E-state index contributed by atoms with van der Waals surface area (Å²) in [5, 5.41) is 6.62. The predicted octanol–water partition coefficient (Wildman–Crippen LogP) is 3.79. The van der Waals surface area contributed by atoms with Gasteiger partial charge in [-0.25, -0.2) is 24.1 Å². The molecule has 11 heteroatoms. The Labute approximate surface area is 222 Å². The highest BCUT2D eigenvalue weighted by molar-refractivity contribution is 6.00. The second-order valence-electron chi connectivity index (χ2n) is 8.62. The fraction of sp³-hybridized carbons (Fsp3) is 0.107. The number of hydrogen-bond donors (Lipinski definition) is 4. The summed E-state index contributed by atoms with van der Waals surface area (Å²) < 4.78 is 18.3. The van der Waals surface area contributed by atoms with Gasteiger partial charge in [0.15, 0.2) is 0 Å². The number of esters is 1. The fourth-order valence-electron chi connectivity index (χ4n) is 4.12. The third-order valence-electron chi connectivity index (χ3n) is 6.06. The van der Waals surface area contributed by atoms with E-state index in [-0.39, 0.29) is 18.3 Å². The summed E-state index contributed by atoms with van der Waals surface area (Å²) in [4.78, 5) is 41.4. The van der Waals surface area contributed by atoms with Gasteiger partial charge in [-0.2, -0.15) is 0 Å². The van der Waals surface area contributed by atoms with E-state index in [0.29, 0.717) is 22.6 Å². The van der Waals surface area contributed by atoms with Crippen molar-refractivity contribution in [2.45, 2.75) is 6.04 Å². The number of nitrogens with one attached hydrogen (secondary N) is 3. The van der Waals surface area contributed by atoms with E-state index >= 15 is 0 Å². The number of benzene rings is 2. The largest absolute Gasteiger partial charge is 0.467 e. The zero-order chi connectivity index (χ0) is 27.4. The highest BCUT2D eigenvalue weighted by atomic mass is 19.1. The normalized spacial score (nSPS) is 11.6. The standard InChI is InChI=1S/C28H24FN7O3/c1-39-27(38)24(15-33-25-20(3-2-11-31-25)16-4-7-19(29)8-5-16)35-26(37)17-6-9-21-18(13-17)14-23(34-21)22-10-12-32-28(30)36-22/h2-14,24,34H,15H2,1H3,(H,31,33)(H,35,37)(H2,30,32,36). The first kappa shape index (κ1) is 25.3. The molecule has 196 valence electrons. The first-order valence-electron chi connectivity index (χ1n) is 12.0. The number of nitrogens with zero attached hydrogens (tertiary/aromatic N) is 3. The predicted molar refractivity (Wildman–Crippen MR) is 145 cm³/mol.